The number of ether oxygens (including phenoxy) is 1. The quantitative estimate of drug-likeness (QED) is 0.402. The summed E-state index contributed by atoms with van der Waals surface area (Å²) in [7, 11) is 0. The van der Waals surface area contributed by atoms with Gasteiger partial charge in [-0.15, -0.1) is 0 Å². The third-order valence-electron chi connectivity index (χ3n) is 8.21. The van der Waals surface area contributed by atoms with Gasteiger partial charge in [-0.1, -0.05) is 82.3 Å². The van der Waals surface area contributed by atoms with Gasteiger partial charge in [-0.3, -0.25) is 9.59 Å². The van der Waals surface area contributed by atoms with Crippen LogP contribution in [0.15, 0.2) is 89.3 Å². The first-order valence-electron chi connectivity index (χ1n) is 13.6. The largest absolute Gasteiger partial charge is 0.489 e. The fourth-order valence-electron chi connectivity index (χ4n) is 6.56. The van der Waals surface area contributed by atoms with Gasteiger partial charge in [0.2, 0.25) is 0 Å². The van der Waals surface area contributed by atoms with Crippen molar-refractivity contribution in [3.63, 3.8) is 0 Å². The molecule has 0 unspecified atom stereocenters. The number of carbonyl (C=O) groups is 2. The van der Waals surface area contributed by atoms with Crippen molar-refractivity contribution in [3.05, 3.63) is 100 Å². The van der Waals surface area contributed by atoms with Gasteiger partial charge in [-0.2, -0.15) is 0 Å². The molecular formula is C34H35NO3. The highest BCUT2D eigenvalue weighted by atomic mass is 16.5. The van der Waals surface area contributed by atoms with E-state index in [0.717, 1.165) is 52.3 Å². The average Bonchev–Trinajstić information content (AvgIpc) is 2.85. The fourth-order valence-corrected chi connectivity index (χ4v) is 6.56. The van der Waals surface area contributed by atoms with Crippen LogP contribution in [0.2, 0.25) is 0 Å². The molecule has 38 heavy (non-hydrogen) atoms. The number of benzene rings is 3. The second kappa shape index (κ2) is 8.97. The van der Waals surface area contributed by atoms with Gasteiger partial charge in [0.15, 0.2) is 11.6 Å². The molecule has 4 heteroatoms. The molecule has 0 radical (unpaired) electrons. The van der Waals surface area contributed by atoms with Crippen molar-refractivity contribution in [2.75, 3.05) is 0 Å². The molecule has 0 amide bonds. The zero-order chi connectivity index (χ0) is 26.7. The maximum atomic E-state index is 13.5. The highest BCUT2D eigenvalue weighted by Gasteiger charge is 2.46. The lowest BCUT2D eigenvalue weighted by atomic mass is 9.64. The normalized spacial score (nSPS) is 20.7. The summed E-state index contributed by atoms with van der Waals surface area (Å²) in [6.45, 7) is 9.06. The fraction of sp³-hybridized carbons (Fsp3) is 0.353. The summed E-state index contributed by atoms with van der Waals surface area (Å²) in [4.78, 5) is 27.0. The van der Waals surface area contributed by atoms with E-state index >= 15 is 0 Å². The van der Waals surface area contributed by atoms with Crippen LogP contribution in [-0.2, 0) is 16.2 Å². The molecule has 0 atom stereocenters. The topological polar surface area (TPSA) is 55.4 Å². The van der Waals surface area contributed by atoms with Crippen LogP contribution in [0, 0.1) is 10.8 Å². The molecule has 194 valence electrons. The van der Waals surface area contributed by atoms with Crippen LogP contribution in [0.1, 0.15) is 70.4 Å². The van der Waals surface area contributed by atoms with Gasteiger partial charge in [0.1, 0.15) is 12.4 Å². The summed E-state index contributed by atoms with van der Waals surface area (Å²) in [5, 5.41) is 5.98. The smallest absolute Gasteiger partial charge is 0.162 e. The molecule has 0 spiro atoms. The molecule has 0 aromatic heterocycles. The molecule has 0 fully saturated rings. The Morgan fingerprint density at radius 3 is 1.95 bits per heavy atom. The van der Waals surface area contributed by atoms with Crippen LogP contribution in [0.4, 0.5) is 0 Å². The minimum atomic E-state index is -0.319. The summed E-state index contributed by atoms with van der Waals surface area (Å²) >= 11 is 0. The number of ketones is 2. The molecule has 6 rings (SSSR count). The lowest BCUT2D eigenvalue weighted by Gasteiger charge is -2.44. The first-order chi connectivity index (χ1) is 18.1. The van der Waals surface area contributed by atoms with Gasteiger partial charge in [-0.05, 0) is 57.7 Å². The number of dihydropyridines is 1. The molecule has 4 nitrogen and oxygen atoms in total. The van der Waals surface area contributed by atoms with Gasteiger partial charge in [0.25, 0.3) is 0 Å². The average molecular weight is 506 g/mol. The molecule has 3 aromatic rings. The second-order valence-electron chi connectivity index (χ2n) is 12.7. The third kappa shape index (κ3) is 4.47. The molecule has 1 aliphatic heterocycles. The molecule has 1 heterocycles. The number of carbonyl (C=O) groups excluding carboxylic acids is 2. The van der Waals surface area contributed by atoms with E-state index in [1.165, 1.54) is 10.8 Å². The maximum Gasteiger partial charge on any atom is 0.162 e. The summed E-state index contributed by atoms with van der Waals surface area (Å²) in [5.74, 6) is 0.746. The van der Waals surface area contributed by atoms with Crippen LogP contribution < -0.4 is 10.1 Å². The summed E-state index contributed by atoms with van der Waals surface area (Å²) in [5.41, 5.74) is 5.47. The van der Waals surface area contributed by atoms with Gasteiger partial charge >= 0.3 is 0 Å². The van der Waals surface area contributed by atoms with Crippen LogP contribution in [0.5, 0.6) is 5.75 Å². The molecule has 1 N–H and O–H groups in total. The Balaban J connectivity index is 1.33. The molecule has 2 aliphatic carbocycles. The summed E-state index contributed by atoms with van der Waals surface area (Å²) in [6, 6.07) is 22.6. The molecule has 3 aromatic carbocycles. The predicted octanol–water partition coefficient (Wildman–Crippen LogP) is 7.39. The van der Waals surface area contributed by atoms with Gasteiger partial charge in [0, 0.05) is 41.3 Å². The Labute approximate surface area is 224 Å². The molecule has 0 saturated heterocycles. The van der Waals surface area contributed by atoms with E-state index in [1.54, 1.807) is 0 Å². The summed E-state index contributed by atoms with van der Waals surface area (Å²) < 4.78 is 6.18. The van der Waals surface area contributed by atoms with E-state index in [9.17, 15) is 9.59 Å². The van der Waals surface area contributed by atoms with E-state index in [0.29, 0.717) is 19.4 Å². The van der Waals surface area contributed by atoms with Crippen LogP contribution in [0.25, 0.3) is 10.8 Å². The van der Waals surface area contributed by atoms with Crippen LogP contribution in [0.3, 0.4) is 0 Å². The van der Waals surface area contributed by atoms with Crippen molar-refractivity contribution in [1.82, 2.24) is 5.32 Å². The zero-order valence-corrected chi connectivity index (χ0v) is 22.7. The Morgan fingerprint density at radius 1 is 0.737 bits per heavy atom. The van der Waals surface area contributed by atoms with E-state index in [2.05, 4.69) is 63.3 Å². The van der Waals surface area contributed by atoms with Crippen LogP contribution in [-0.4, -0.2) is 11.6 Å². The van der Waals surface area contributed by atoms with E-state index in [4.69, 9.17) is 4.74 Å². The lowest BCUT2D eigenvalue weighted by molar-refractivity contribution is -0.119. The molecule has 0 saturated carbocycles. The van der Waals surface area contributed by atoms with Crippen molar-refractivity contribution in [1.29, 1.82) is 0 Å². The Kier molecular flexibility index (Phi) is 5.82. The number of Topliss-reactive ketones (excluding diaryl/α,β-unsaturated/α-hetero) is 2. The predicted molar refractivity (Wildman–Crippen MR) is 151 cm³/mol. The Hall–Kier alpha value is -3.66. The van der Waals surface area contributed by atoms with E-state index < -0.39 is 0 Å². The minimum Gasteiger partial charge on any atom is -0.489 e. The number of hydrogen-bond donors (Lipinski definition) is 1. The highest BCUT2D eigenvalue weighted by molar-refractivity contribution is 6.06. The number of nitrogens with one attached hydrogen (secondary N) is 1. The standard InChI is InChI=1S/C34H35NO3/c1-33(2)16-26-31(28(36)18-33)30(32-27(35-26)17-34(3,4)19-29(32)37)22-12-14-24(15-13-22)38-20-23-10-7-9-21-8-5-6-11-25(21)23/h5-15,30,35H,16-20H2,1-4H3. The SMILES string of the molecule is CC1(C)CC(=O)C2=C(C1)NC1=C(C(=O)CC(C)(C)C1)C2c1ccc(OCc2cccc3ccccc23)cc1. The Bertz CT molecular complexity index is 1460. The first kappa shape index (κ1) is 24.7. The van der Waals surface area contributed by atoms with Gasteiger partial charge in [0.05, 0.1) is 0 Å². The Morgan fingerprint density at radius 2 is 1.32 bits per heavy atom. The lowest BCUT2D eigenvalue weighted by Crippen LogP contribution is -2.42. The van der Waals surface area contributed by atoms with E-state index in [-0.39, 0.29) is 28.3 Å². The molecule has 0 bridgehead atoms. The third-order valence-corrected chi connectivity index (χ3v) is 8.21. The van der Waals surface area contributed by atoms with Crippen molar-refractivity contribution in [2.45, 2.75) is 65.9 Å². The first-order valence-corrected chi connectivity index (χ1v) is 13.6. The second-order valence-corrected chi connectivity index (χ2v) is 12.7. The monoisotopic (exact) mass is 505 g/mol. The number of allylic oxidation sites excluding steroid dienone is 4. The zero-order valence-electron chi connectivity index (χ0n) is 22.7. The van der Waals surface area contributed by atoms with Gasteiger partial charge < -0.3 is 10.1 Å². The van der Waals surface area contributed by atoms with Crippen molar-refractivity contribution < 1.29 is 14.3 Å². The highest BCUT2D eigenvalue weighted by Crippen LogP contribution is 2.51. The maximum absolute atomic E-state index is 13.5. The molecular weight excluding hydrogens is 470 g/mol. The number of rotatable bonds is 4. The summed E-state index contributed by atoms with van der Waals surface area (Å²) in [6.07, 6.45) is 2.61. The van der Waals surface area contributed by atoms with E-state index in [1.807, 2.05) is 36.4 Å². The van der Waals surface area contributed by atoms with Crippen molar-refractivity contribution in [2.24, 2.45) is 10.8 Å². The number of hydrogen-bond acceptors (Lipinski definition) is 4. The van der Waals surface area contributed by atoms with Crippen molar-refractivity contribution >= 4 is 22.3 Å². The van der Waals surface area contributed by atoms with Crippen LogP contribution >= 0.6 is 0 Å². The number of fused-ring (bicyclic) bond motifs is 1. The minimum absolute atomic E-state index is 0.0982. The molecule has 3 aliphatic rings. The van der Waals surface area contributed by atoms with Gasteiger partial charge in [-0.25, -0.2) is 0 Å². The van der Waals surface area contributed by atoms with Crippen molar-refractivity contribution in [3.8, 4) is 5.75 Å².